The third-order valence-electron chi connectivity index (χ3n) is 5.06. The summed E-state index contributed by atoms with van der Waals surface area (Å²) in [7, 11) is 0. The third-order valence-corrected chi connectivity index (χ3v) is 6.43. The Morgan fingerprint density at radius 2 is 2.19 bits per heavy atom. The van der Waals surface area contributed by atoms with Crippen LogP contribution < -0.4 is 0 Å². The zero-order valence-electron chi connectivity index (χ0n) is 14.6. The number of rotatable bonds is 3. The number of amides is 1. The summed E-state index contributed by atoms with van der Waals surface area (Å²) in [6.07, 6.45) is 5.19. The smallest absolute Gasteiger partial charge is 0.235 e. The van der Waals surface area contributed by atoms with Gasteiger partial charge in [-0.15, -0.1) is 11.8 Å². The second-order valence-corrected chi connectivity index (χ2v) is 8.26. The molecule has 0 N–H and O–H groups in total. The first-order valence-corrected chi connectivity index (χ1v) is 10.3. The van der Waals surface area contributed by atoms with E-state index in [0.717, 1.165) is 38.0 Å². The maximum atomic E-state index is 13.4. The molecule has 1 aromatic carbocycles. The summed E-state index contributed by atoms with van der Waals surface area (Å²) in [5, 5.41) is 4.11. The number of likely N-dealkylation sites (tertiary alicyclic amines) is 1. The predicted molar refractivity (Wildman–Crippen MR) is 98.3 cm³/mol. The van der Waals surface area contributed by atoms with Crippen molar-refractivity contribution in [2.75, 3.05) is 18.8 Å². The summed E-state index contributed by atoms with van der Waals surface area (Å²) in [6, 6.07) is 6.17. The molecule has 0 spiro atoms. The molecule has 26 heavy (non-hydrogen) atoms. The van der Waals surface area contributed by atoms with E-state index in [2.05, 4.69) is 10.1 Å². The number of halogens is 1. The highest BCUT2D eigenvalue weighted by Crippen LogP contribution is 2.31. The van der Waals surface area contributed by atoms with Crippen LogP contribution in [0.3, 0.4) is 0 Å². The van der Waals surface area contributed by atoms with Gasteiger partial charge in [-0.2, -0.15) is 4.98 Å². The van der Waals surface area contributed by atoms with Crippen molar-refractivity contribution in [1.29, 1.82) is 0 Å². The number of benzene rings is 1. The Morgan fingerprint density at radius 1 is 1.27 bits per heavy atom. The molecule has 1 aromatic heterocycles. The molecule has 138 valence electrons. The van der Waals surface area contributed by atoms with Crippen LogP contribution in [0.5, 0.6) is 0 Å². The molecule has 7 heteroatoms. The summed E-state index contributed by atoms with van der Waals surface area (Å²) in [4.78, 5) is 19.2. The Bertz CT molecular complexity index is 776. The topological polar surface area (TPSA) is 59.2 Å². The summed E-state index contributed by atoms with van der Waals surface area (Å²) in [6.45, 7) is 1.43. The molecule has 1 amide bonds. The minimum Gasteiger partial charge on any atom is -0.341 e. The van der Waals surface area contributed by atoms with Crippen LogP contribution in [-0.2, 0) is 4.79 Å². The number of piperidine rings is 1. The molecule has 2 fully saturated rings. The van der Waals surface area contributed by atoms with Gasteiger partial charge in [-0.05, 0) is 43.6 Å². The predicted octanol–water partition coefficient (Wildman–Crippen LogP) is 3.87. The van der Waals surface area contributed by atoms with E-state index in [1.807, 2.05) is 4.90 Å². The van der Waals surface area contributed by atoms with Gasteiger partial charge in [-0.25, -0.2) is 4.39 Å². The molecule has 0 saturated carbocycles. The minimum atomic E-state index is -0.326. The van der Waals surface area contributed by atoms with Crippen molar-refractivity contribution < 1.29 is 13.7 Å². The van der Waals surface area contributed by atoms with Crippen LogP contribution in [0.4, 0.5) is 4.39 Å². The van der Waals surface area contributed by atoms with E-state index >= 15 is 0 Å². The van der Waals surface area contributed by atoms with Crippen molar-refractivity contribution in [3.63, 3.8) is 0 Å². The van der Waals surface area contributed by atoms with Gasteiger partial charge in [-0.3, -0.25) is 4.79 Å². The molecule has 2 saturated heterocycles. The molecule has 2 aliphatic heterocycles. The lowest BCUT2D eigenvalue weighted by Crippen LogP contribution is -2.44. The van der Waals surface area contributed by atoms with Crippen LogP contribution in [0.15, 0.2) is 28.8 Å². The number of hydrogen-bond donors (Lipinski definition) is 0. The molecule has 3 heterocycles. The van der Waals surface area contributed by atoms with Crippen molar-refractivity contribution in [2.45, 2.75) is 43.3 Å². The number of hydrogen-bond acceptors (Lipinski definition) is 5. The highest BCUT2D eigenvalue weighted by Gasteiger charge is 2.32. The summed E-state index contributed by atoms with van der Waals surface area (Å²) in [5.41, 5.74) is 0.599. The van der Waals surface area contributed by atoms with E-state index in [4.69, 9.17) is 4.52 Å². The van der Waals surface area contributed by atoms with Crippen LogP contribution in [0, 0.1) is 5.82 Å². The minimum absolute atomic E-state index is 0.0519. The van der Waals surface area contributed by atoms with Crippen molar-refractivity contribution in [2.24, 2.45) is 0 Å². The molecular formula is C19H22FN3O2S. The first-order chi connectivity index (χ1) is 12.7. The average molecular weight is 375 g/mol. The Hall–Kier alpha value is -1.89. The van der Waals surface area contributed by atoms with Gasteiger partial charge in [-0.1, -0.05) is 23.7 Å². The molecule has 0 radical (unpaired) electrons. The van der Waals surface area contributed by atoms with Gasteiger partial charge in [0.2, 0.25) is 17.6 Å². The van der Waals surface area contributed by atoms with E-state index in [1.54, 1.807) is 23.9 Å². The fraction of sp³-hybridized carbons (Fsp3) is 0.526. The standard InChI is InChI=1S/C19H22FN3O2S/c20-15-7-3-5-13(11-15)17-21-18(25-22-17)14-6-4-9-23(12-14)19(24)16-8-1-2-10-26-16/h3,5,7,11,14,16H,1-2,4,6,8-10,12H2. The lowest BCUT2D eigenvalue weighted by molar-refractivity contribution is -0.132. The SMILES string of the molecule is O=C(C1CCCCS1)N1CCCC(c2nc(-c3cccc(F)c3)no2)C1. The Labute approximate surface area is 156 Å². The van der Waals surface area contributed by atoms with E-state index in [9.17, 15) is 9.18 Å². The van der Waals surface area contributed by atoms with Crippen molar-refractivity contribution in [1.82, 2.24) is 15.0 Å². The zero-order valence-corrected chi connectivity index (χ0v) is 15.4. The number of carbonyl (C=O) groups is 1. The zero-order chi connectivity index (χ0) is 17.9. The second-order valence-electron chi connectivity index (χ2n) is 6.95. The highest BCUT2D eigenvalue weighted by molar-refractivity contribution is 8.00. The lowest BCUT2D eigenvalue weighted by atomic mass is 9.97. The molecule has 5 nitrogen and oxygen atoms in total. The monoisotopic (exact) mass is 375 g/mol. The van der Waals surface area contributed by atoms with Crippen LogP contribution in [0.2, 0.25) is 0 Å². The summed E-state index contributed by atoms with van der Waals surface area (Å²) < 4.78 is 18.8. The van der Waals surface area contributed by atoms with Gasteiger partial charge >= 0.3 is 0 Å². The van der Waals surface area contributed by atoms with Crippen molar-refractivity contribution >= 4 is 17.7 Å². The van der Waals surface area contributed by atoms with Crippen LogP contribution in [-0.4, -0.2) is 45.0 Å². The molecule has 2 aromatic rings. The van der Waals surface area contributed by atoms with Crippen LogP contribution in [0.1, 0.15) is 43.9 Å². The van der Waals surface area contributed by atoms with E-state index in [-0.39, 0.29) is 22.9 Å². The first kappa shape index (κ1) is 17.5. The van der Waals surface area contributed by atoms with Crippen LogP contribution in [0.25, 0.3) is 11.4 Å². The molecule has 0 aliphatic carbocycles. The van der Waals surface area contributed by atoms with Gasteiger partial charge in [0.05, 0.1) is 11.2 Å². The Balaban J connectivity index is 1.45. The van der Waals surface area contributed by atoms with E-state index in [0.29, 0.717) is 23.8 Å². The largest absolute Gasteiger partial charge is 0.341 e. The van der Waals surface area contributed by atoms with Crippen molar-refractivity contribution in [3.8, 4) is 11.4 Å². The quantitative estimate of drug-likeness (QED) is 0.815. The molecule has 2 aliphatic rings. The molecule has 4 rings (SSSR count). The van der Waals surface area contributed by atoms with E-state index in [1.165, 1.54) is 18.6 Å². The number of carbonyl (C=O) groups excluding carboxylic acids is 1. The molecule has 2 atom stereocenters. The Morgan fingerprint density at radius 3 is 3.00 bits per heavy atom. The van der Waals surface area contributed by atoms with Crippen LogP contribution >= 0.6 is 11.8 Å². The lowest BCUT2D eigenvalue weighted by Gasteiger charge is -2.34. The first-order valence-electron chi connectivity index (χ1n) is 9.20. The number of aromatic nitrogens is 2. The fourth-order valence-electron chi connectivity index (χ4n) is 3.66. The number of nitrogens with zero attached hydrogens (tertiary/aromatic N) is 3. The average Bonchev–Trinajstić information content (AvgIpc) is 3.19. The molecular weight excluding hydrogens is 353 g/mol. The normalized spacial score (nSPS) is 23.8. The van der Waals surface area contributed by atoms with Gasteiger partial charge in [0.15, 0.2) is 0 Å². The van der Waals surface area contributed by atoms with Gasteiger partial charge in [0.25, 0.3) is 0 Å². The fourth-order valence-corrected chi connectivity index (χ4v) is 4.94. The van der Waals surface area contributed by atoms with Crippen molar-refractivity contribution in [3.05, 3.63) is 36.0 Å². The van der Waals surface area contributed by atoms with Gasteiger partial charge < -0.3 is 9.42 Å². The highest BCUT2D eigenvalue weighted by atomic mass is 32.2. The Kier molecular flexibility index (Phi) is 5.24. The maximum absolute atomic E-state index is 13.4. The third kappa shape index (κ3) is 3.77. The molecule has 2 unspecified atom stereocenters. The summed E-state index contributed by atoms with van der Waals surface area (Å²) in [5.74, 6) is 1.99. The maximum Gasteiger partial charge on any atom is 0.235 e. The van der Waals surface area contributed by atoms with Gasteiger partial charge in [0, 0.05) is 18.7 Å². The van der Waals surface area contributed by atoms with E-state index < -0.39 is 0 Å². The summed E-state index contributed by atoms with van der Waals surface area (Å²) >= 11 is 1.79. The second kappa shape index (κ2) is 7.78. The number of thioether (sulfide) groups is 1. The van der Waals surface area contributed by atoms with Gasteiger partial charge in [0.1, 0.15) is 5.82 Å². The molecule has 0 bridgehead atoms.